The highest BCUT2D eigenvalue weighted by atomic mass is 32.1. The number of hydrogen-bond donors (Lipinski definition) is 1. The predicted octanol–water partition coefficient (Wildman–Crippen LogP) is 3.25. The van der Waals surface area contributed by atoms with Crippen LogP contribution in [-0.4, -0.2) is 34.9 Å². The van der Waals surface area contributed by atoms with Crippen LogP contribution < -0.4 is 5.32 Å². The molecule has 0 aliphatic carbocycles. The van der Waals surface area contributed by atoms with Crippen molar-refractivity contribution < 1.29 is 4.79 Å². The third kappa shape index (κ3) is 4.89. The van der Waals surface area contributed by atoms with Gasteiger partial charge in [0, 0.05) is 18.7 Å². The van der Waals surface area contributed by atoms with Crippen LogP contribution in [-0.2, 0) is 17.8 Å². The SMILES string of the molecule is O=C(CCc1ccsc1)N(Cc1ccccn1)[C@H]1CCCNCC1. The molecule has 0 bridgehead atoms. The third-order valence-corrected chi connectivity index (χ3v) is 5.30. The summed E-state index contributed by atoms with van der Waals surface area (Å²) >= 11 is 1.69. The van der Waals surface area contributed by atoms with E-state index in [4.69, 9.17) is 0 Å². The summed E-state index contributed by atoms with van der Waals surface area (Å²) in [5.41, 5.74) is 2.23. The zero-order valence-electron chi connectivity index (χ0n) is 14.0. The average molecular weight is 343 g/mol. The lowest BCUT2D eigenvalue weighted by molar-refractivity contribution is -0.134. The fourth-order valence-electron chi connectivity index (χ4n) is 3.23. The number of carbonyl (C=O) groups excluding carboxylic acids is 1. The van der Waals surface area contributed by atoms with Gasteiger partial charge in [-0.2, -0.15) is 11.3 Å². The molecule has 2 aromatic heterocycles. The van der Waals surface area contributed by atoms with Gasteiger partial charge in [-0.15, -0.1) is 0 Å². The van der Waals surface area contributed by atoms with E-state index in [9.17, 15) is 4.79 Å². The van der Waals surface area contributed by atoms with E-state index in [1.807, 2.05) is 18.2 Å². The Morgan fingerprint density at radius 1 is 1.29 bits per heavy atom. The Bertz CT molecular complexity index is 607. The van der Waals surface area contributed by atoms with Gasteiger partial charge >= 0.3 is 0 Å². The number of thiophene rings is 1. The van der Waals surface area contributed by atoms with Crippen molar-refractivity contribution in [3.05, 3.63) is 52.5 Å². The Kier molecular flexibility index (Phi) is 6.38. The number of aromatic nitrogens is 1. The highest BCUT2D eigenvalue weighted by Gasteiger charge is 2.24. The molecule has 5 heteroatoms. The summed E-state index contributed by atoms with van der Waals surface area (Å²) in [6.45, 7) is 2.66. The first-order valence-corrected chi connectivity index (χ1v) is 9.68. The summed E-state index contributed by atoms with van der Waals surface area (Å²) < 4.78 is 0. The number of carbonyl (C=O) groups is 1. The fraction of sp³-hybridized carbons (Fsp3) is 0.474. The van der Waals surface area contributed by atoms with Gasteiger partial charge in [0.05, 0.1) is 12.2 Å². The molecule has 0 spiro atoms. The van der Waals surface area contributed by atoms with Crippen LogP contribution in [0.5, 0.6) is 0 Å². The van der Waals surface area contributed by atoms with E-state index in [1.54, 1.807) is 17.5 Å². The zero-order chi connectivity index (χ0) is 16.6. The number of hydrogen-bond acceptors (Lipinski definition) is 4. The monoisotopic (exact) mass is 343 g/mol. The van der Waals surface area contributed by atoms with Crippen molar-refractivity contribution in [2.24, 2.45) is 0 Å². The molecule has 3 rings (SSSR count). The first kappa shape index (κ1) is 17.1. The van der Waals surface area contributed by atoms with Gasteiger partial charge in [-0.05, 0) is 73.3 Å². The van der Waals surface area contributed by atoms with Gasteiger partial charge in [0.2, 0.25) is 5.91 Å². The first-order chi connectivity index (χ1) is 11.8. The lowest BCUT2D eigenvalue weighted by Crippen LogP contribution is -2.40. The molecule has 128 valence electrons. The maximum absolute atomic E-state index is 12.9. The van der Waals surface area contributed by atoms with E-state index in [0.717, 1.165) is 44.5 Å². The van der Waals surface area contributed by atoms with Gasteiger partial charge in [0.1, 0.15) is 0 Å². The minimum atomic E-state index is 0.249. The number of nitrogens with one attached hydrogen (secondary N) is 1. The Balaban J connectivity index is 1.68. The standard InChI is InChI=1S/C19H25N3OS/c23-19(7-6-16-9-13-24-15-16)22(14-17-4-1-2-11-21-17)18-5-3-10-20-12-8-18/h1-2,4,9,11,13,15,18,20H,3,5-8,10,12,14H2/t18-/m0/s1. The van der Waals surface area contributed by atoms with E-state index in [-0.39, 0.29) is 5.91 Å². The molecule has 4 nitrogen and oxygen atoms in total. The van der Waals surface area contributed by atoms with Crippen LogP contribution in [0.2, 0.25) is 0 Å². The number of aryl methyl sites for hydroxylation is 1. The molecule has 0 aromatic carbocycles. The van der Waals surface area contributed by atoms with E-state index >= 15 is 0 Å². The molecule has 2 aromatic rings. The smallest absolute Gasteiger partial charge is 0.223 e. The highest BCUT2D eigenvalue weighted by Crippen LogP contribution is 2.19. The van der Waals surface area contributed by atoms with Crippen LogP contribution in [0.15, 0.2) is 41.2 Å². The van der Waals surface area contributed by atoms with Gasteiger partial charge in [-0.3, -0.25) is 9.78 Å². The molecule has 1 amide bonds. The topological polar surface area (TPSA) is 45.2 Å². The summed E-state index contributed by atoms with van der Waals surface area (Å²) in [4.78, 5) is 19.4. The normalized spacial score (nSPS) is 18.1. The van der Waals surface area contributed by atoms with E-state index in [2.05, 4.69) is 32.0 Å². The molecular formula is C19H25N3OS. The van der Waals surface area contributed by atoms with Crippen molar-refractivity contribution in [3.63, 3.8) is 0 Å². The van der Waals surface area contributed by atoms with Gasteiger partial charge in [-0.1, -0.05) is 6.07 Å². The zero-order valence-corrected chi connectivity index (χ0v) is 14.8. The Morgan fingerprint density at radius 2 is 2.25 bits per heavy atom. The Morgan fingerprint density at radius 3 is 3.04 bits per heavy atom. The maximum atomic E-state index is 12.9. The van der Waals surface area contributed by atoms with E-state index in [0.29, 0.717) is 19.0 Å². The second kappa shape index (κ2) is 8.94. The minimum Gasteiger partial charge on any atom is -0.334 e. The van der Waals surface area contributed by atoms with Crippen molar-refractivity contribution in [2.75, 3.05) is 13.1 Å². The summed E-state index contributed by atoms with van der Waals surface area (Å²) in [6.07, 6.45) is 6.43. The van der Waals surface area contributed by atoms with Crippen LogP contribution in [0, 0.1) is 0 Å². The van der Waals surface area contributed by atoms with Crippen molar-refractivity contribution >= 4 is 17.2 Å². The lowest BCUT2D eigenvalue weighted by Gasteiger charge is -2.31. The molecular weight excluding hydrogens is 318 g/mol. The van der Waals surface area contributed by atoms with Gasteiger partial charge in [0.15, 0.2) is 0 Å². The maximum Gasteiger partial charge on any atom is 0.223 e. The first-order valence-electron chi connectivity index (χ1n) is 8.74. The van der Waals surface area contributed by atoms with E-state index < -0.39 is 0 Å². The molecule has 1 aliphatic heterocycles. The summed E-state index contributed by atoms with van der Waals surface area (Å²) in [5, 5.41) is 7.64. The van der Waals surface area contributed by atoms with Crippen LogP contribution in [0.1, 0.15) is 36.9 Å². The van der Waals surface area contributed by atoms with Crippen LogP contribution >= 0.6 is 11.3 Å². The molecule has 3 heterocycles. The summed E-state index contributed by atoms with van der Waals surface area (Å²) in [5.74, 6) is 0.249. The molecule has 0 radical (unpaired) electrons. The quantitative estimate of drug-likeness (QED) is 0.876. The fourth-order valence-corrected chi connectivity index (χ4v) is 3.93. The molecule has 1 N–H and O–H groups in total. The van der Waals surface area contributed by atoms with Gasteiger partial charge in [0.25, 0.3) is 0 Å². The van der Waals surface area contributed by atoms with Gasteiger partial charge in [-0.25, -0.2) is 0 Å². The second-order valence-corrected chi connectivity index (χ2v) is 7.09. The molecule has 24 heavy (non-hydrogen) atoms. The van der Waals surface area contributed by atoms with Crippen LogP contribution in [0.25, 0.3) is 0 Å². The number of pyridine rings is 1. The molecule has 0 saturated carbocycles. The molecule has 1 atom stereocenters. The minimum absolute atomic E-state index is 0.249. The predicted molar refractivity (Wildman–Crippen MR) is 97.9 cm³/mol. The Labute approximate surface area is 147 Å². The molecule has 0 unspecified atom stereocenters. The lowest BCUT2D eigenvalue weighted by atomic mass is 10.1. The third-order valence-electron chi connectivity index (χ3n) is 4.57. The number of amides is 1. The van der Waals surface area contributed by atoms with Crippen LogP contribution in [0.4, 0.5) is 0 Å². The number of nitrogens with zero attached hydrogens (tertiary/aromatic N) is 2. The second-order valence-electron chi connectivity index (χ2n) is 6.31. The highest BCUT2D eigenvalue weighted by molar-refractivity contribution is 7.07. The average Bonchev–Trinajstić information content (AvgIpc) is 3.00. The Hall–Kier alpha value is -1.72. The summed E-state index contributed by atoms with van der Waals surface area (Å²) in [7, 11) is 0. The number of rotatable bonds is 6. The van der Waals surface area contributed by atoms with Crippen molar-refractivity contribution in [2.45, 2.75) is 44.7 Å². The van der Waals surface area contributed by atoms with Crippen molar-refractivity contribution in [1.29, 1.82) is 0 Å². The van der Waals surface area contributed by atoms with Crippen LogP contribution in [0.3, 0.4) is 0 Å². The van der Waals surface area contributed by atoms with Crippen molar-refractivity contribution in [1.82, 2.24) is 15.2 Å². The molecule has 1 saturated heterocycles. The molecule has 1 fully saturated rings. The van der Waals surface area contributed by atoms with E-state index in [1.165, 1.54) is 5.56 Å². The molecule has 1 aliphatic rings. The van der Waals surface area contributed by atoms with Gasteiger partial charge < -0.3 is 10.2 Å². The van der Waals surface area contributed by atoms with Crippen molar-refractivity contribution in [3.8, 4) is 0 Å². The summed E-state index contributed by atoms with van der Waals surface area (Å²) in [6, 6.07) is 8.34. The largest absolute Gasteiger partial charge is 0.334 e.